The van der Waals surface area contributed by atoms with E-state index >= 15 is 0 Å². The van der Waals surface area contributed by atoms with Gasteiger partial charge < -0.3 is 15.1 Å². The first-order chi connectivity index (χ1) is 12.0. The van der Waals surface area contributed by atoms with E-state index in [1.807, 2.05) is 0 Å². The van der Waals surface area contributed by atoms with Crippen LogP contribution in [0.3, 0.4) is 0 Å². The Morgan fingerprint density at radius 1 is 1.32 bits per heavy atom. The minimum atomic E-state index is -0.488. The topological polar surface area (TPSA) is 107 Å². The van der Waals surface area contributed by atoms with Crippen molar-refractivity contribution in [3.05, 3.63) is 53.0 Å². The third-order valence-electron chi connectivity index (χ3n) is 3.40. The Bertz CT molecular complexity index is 892. The van der Waals surface area contributed by atoms with Crippen LogP contribution in [-0.4, -0.2) is 31.4 Å². The second-order valence-corrected chi connectivity index (χ2v) is 5.65. The molecule has 0 unspecified atom stereocenters. The third-order valence-corrected chi connectivity index (χ3v) is 3.68. The summed E-state index contributed by atoms with van der Waals surface area (Å²) in [5.41, 5.74) is 0.537. The van der Waals surface area contributed by atoms with E-state index in [1.54, 1.807) is 26.2 Å². The molecule has 2 N–H and O–H groups in total. The Balaban J connectivity index is 1.76. The zero-order valence-corrected chi connectivity index (χ0v) is 14.2. The van der Waals surface area contributed by atoms with Gasteiger partial charge in [-0.05, 0) is 12.1 Å². The number of hydrogen-bond acceptors (Lipinski definition) is 5. The zero-order valence-electron chi connectivity index (χ0n) is 13.5. The van der Waals surface area contributed by atoms with Crippen molar-refractivity contribution in [1.82, 2.24) is 24.9 Å². The van der Waals surface area contributed by atoms with E-state index in [9.17, 15) is 9.59 Å². The lowest BCUT2D eigenvalue weighted by Crippen LogP contribution is -2.25. The SMILES string of the molecule is Cn1cc(NC(=O)c2c(Cl)cnn2C)c(C(=O)NCc2ccco2)n1. The molecule has 0 aliphatic carbocycles. The highest BCUT2D eigenvalue weighted by Crippen LogP contribution is 2.19. The summed E-state index contributed by atoms with van der Waals surface area (Å²) in [5, 5.41) is 13.5. The summed E-state index contributed by atoms with van der Waals surface area (Å²) >= 11 is 5.97. The third kappa shape index (κ3) is 3.56. The molecular formula is C15H15ClN6O3. The lowest BCUT2D eigenvalue weighted by molar-refractivity contribution is 0.0943. The van der Waals surface area contributed by atoms with Crippen LogP contribution in [0.4, 0.5) is 5.69 Å². The summed E-state index contributed by atoms with van der Waals surface area (Å²) in [7, 11) is 3.25. The maximum Gasteiger partial charge on any atom is 0.275 e. The van der Waals surface area contributed by atoms with Gasteiger partial charge in [0.05, 0.1) is 29.7 Å². The molecule has 25 heavy (non-hydrogen) atoms. The largest absolute Gasteiger partial charge is 0.467 e. The molecule has 0 saturated heterocycles. The minimum Gasteiger partial charge on any atom is -0.467 e. The van der Waals surface area contributed by atoms with Crippen LogP contribution < -0.4 is 10.6 Å². The van der Waals surface area contributed by atoms with E-state index in [0.717, 1.165) is 0 Å². The first kappa shape index (κ1) is 16.8. The summed E-state index contributed by atoms with van der Waals surface area (Å²) in [4.78, 5) is 24.8. The normalized spacial score (nSPS) is 10.7. The molecular weight excluding hydrogens is 348 g/mol. The number of rotatable bonds is 5. The summed E-state index contributed by atoms with van der Waals surface area (Å²) < 4.78 is 7.95. The van der Waals surface area contributed by atoms with E-state index < -0.39 is 11.8 Å². The first-order valence-electron chi connectivity index (χ1n) is 7.28. The highest BCUT2D eigenvalue weighted by Gasteiger charge is 2.21. The predicted octanol–water partition coefficient (Wildman–Crippen LogP) is 1.58. The quantitative estimate of drug-likeness (QED) is 0.716. The van der Waals surface area contributed by atoms with Crippen LogP contribution >= 0.6 is 11.6 Å². The van der Waals surface area contributed by atoms with Crippen LogP contribution in [0.15, 0.2) is 35.2 Å². The summed E-state index contributed by atoms with van der Waals surface area (Å²) in [6.07, 6.45) is 4.42. The molecule has 3 rings (SSSR count). The maximum absolute atomic E-state index is 12.4. The van der Waals surface area contributed by atoms with E-state index in [0.29, 0.717) is 5.76 Å². The Morgan fingerprint density at radius 3 is 2.76 bits per heavy atom. The molecule has 3 aromatic heterocycles. The molecule has 0 radical (unpaired) electrons. The molecule has 0 bridgehead atoms. The number of carbonyl (C=O) groups is 2. The van der Waals surface area contributed by atoms with Gasteiger partial charge in [0.25, 0.3) is 11.8 Å². The van der Waals surface area contributed by atoms with E-state index in [1.165, 1.54) is 28.0 Å². The fourth-order valence-electron chi connectivity index (χ4n) is 2.26. The number of nitrogens with one attached hydrogen (secondary N) is 2. The van der Waals surface area contributed by atoms with E-state index in [2.05, 4.69) is 20.8 Å². The number of carbonyl (C=O) groups excluding carboxylic acids is 2. The number of anilines is 1. The first-order valence-corrected chi connectivity index (χ1v) is 7.66. The lowest BCUT2D eigenvalue weighted by atomic mass is 10.3. The summed E-state index contributed by atoms with van der Waals surface area (Å²) in [6, 6.07) is 3.47. The Hall–Kier alpha value is -3.07. The second kappa shape index (κ2) is 6.81. The van der Waals surface area contributed by atoms with Crippen LogP contribution in [0.1, 0.15) is 26.7 Å². The van der Waals surface area contributed by atoms with Crippen LogP contribution in [0.2, 0.25) is 5.02 Å². The van der Waals surface area contributed by atoms with Gasteiger partial charge in [-0.15, -0.1) is 0 Å². The smallest absolute Gasteiger partial charge is 0.275 e. The van der Waals surface area contributed by atoms with Crippen molar-refractivity contribution < 1.29 is 14.0 Å². The van der Waals surface area contributed by atoms with Crippen molar-refractivity contribution in [3.63, 3.8) is 0 Å². The number of nitrogens with zero attached hydrogens (tertiary/aromatic N) is 4. The van der Waals surface area contributed by atoms with Gasteiger partial charge in [0.2, 0.25) is 0 Å². The predicted molar refractivity (Wildman–Crippen MR) is 89.3 cm³/mol. The van der Waals surface area contributed by atoms with Crippen molar-refractivity contribution in [2.45, 2.75) is 6.54 Å². The van der Waals surface area contributed by atoms with Crippen LogP contribution in [0, 0.1) is 0 Å². The van der Waals surface area contributed by atoms with Crippen molar-refractivity contribution in [3.8, 4) is 0 Å². The van der Waals surface area contributed by atoms with Gasteiger partial charge in [0.15, 0.2) is 5.69 Å². The molecule has 9 nitrogen and oxygen atoms in total. The number of furan rings is 1. The van der Waals surface area contributed by atoms with Gasteiger partial charge in [0, 0.05) is 20.3 Å². The number of aromatic nitrogens is 4. The molecule has 0 saturated carbocycles. The van der Waals surface area contributed by atoms with Crippen LogP contribution in [-0.2, 0) is 20.6 Å². The van der Waals surface area contributed by atoms with Gasteiger partial charge in [-0.1, -0.05) is 11.6 Å². The second-order valence-electron chi connectivity index (χ2n) is 5.25. The number of amides is 2. The van der Waals surface area contributed by atoms with Crippen LogP contribution in [0.5, 0.6) is 0 Å². The highest BCUT2D eigenvalue weighted by atomic mass is 35.5. The lowest BCUT2D eigenvalue weighted by Gasteiger charge is -2.06. The van der Waals surface area contributed by atoms with E-state index in [-0.39, 0.29) is 28.6 Å². The molecule has 0 atom stereocenters. The molecule has 130 valence electrons. The number of halogens is 1. The molecule has 0 aliphatic rings. The zero-order chi connectivity index (χ0) is 18.0. The Morgan fingerprint density at radius 2 is 2.12 bits per heavy atom. The van der Waals surface area contributed by atoms with Gasteiger partial charge in [-0.3, -0.25) is 19.0 Å². The summed E-state index contributed by atoms with van der Waals surface area (Å²) in [6.45, 7) is 0.212. The van der Waals surface area contributed by atoms with Crippen LogP contribution in [0.25, 0.3) is 0 Å². The van der Waals surface area contributed by atoms with Crippen molar-refractivity contribution >= 4 is 29.1 Å². The molecule has 2 amide bonds. The number of aryl methyl sites for hydroxylation is 2. The fourth-order valence-corrected chi connectivity index (χ4v) is 2.51. The monoisotopic (exact) mass is 362 g/mol. The maximum atomic E-state index is 12.4. The van der Waals surface area contributed by atoms with Gasteiger partial charge >= 0.3 is 0 Å². The van der Waals surface area contributed by atoms with Gasteiger partial charge in [0.1, 0.15) is 11.5 Å². The van der Waals surface area contributed by atoms with Crippen molar-refractivity contribution in [2.24, 2.45) is 14.1 Å². The molecule has 0 aliphatic heterocycles. The molecule has 3 aromatic rings. The molecule has 0 spiro atoms. The molecule has 0 aromatic carbocycles. The van der Waals surface area contributed by atoms with Gasteiger partial charge in [-0.2, -0.15) is 10.2 Å². The highest BCUT2D eigenvalue weighted by molar-refractivity contribution is 6.34. The number of hydrogen-bond donors (Lipinski definition) is 2. The van der Waals surface area contributed by atoms with Crippen molar-refractivity contribution in [1.29, 1.82) is 0 Å². The van der Waals surface area contributed by atoms with E-state index in [4.69, 9.17) is 16.0 Å². The van der Waals surface area contributed by atoms with Gasteiger partial charge in [-0.25, -0.2) is 0 Å². The Kier molecular flexibility index (Phi) is 4.57. The molecule has 10 heteroatoms. The molecule has 3 heterocycles. The van der Waals surface area contributed by atoms with Crippen molar-refractivity contribution in [2.75, 3.05) is 5.32 Å². The minimum absolute atomic E-state index is 0.0840. The Labute approximate surface area is 147 Å². The standard InChI is InChI=1S/C15H15ClN6O3/c1-21-8-11(19-15(24)13-10(16)7-18-22(13)2)12(20-21)14(23)17-6-9-4-3-5-25-9/h3-5,7-8H,6H2,1-2H3,(H,17,23)(H,19,24). The average molecular weight is 363 g/mol. The average Bonchev–Trinajstić information content (AvgIpc) is 3.27. The molecule has 0 fully saturated rings. The summed E-state index contributed by atoms with van der Waals surface area (Å²) in [5.74, 6) is -0.321. The fraction of sp³-hybridized carbons (Fsp3) is 0.200.